The SMILES string of the molecule is CC(C)(C)OC(=O)N[C@@]1(SC23CC4CC(CC(C4)C2)C3)C(=O)N(Cc2ccccc2)c2ccccc21. The van der Waals surface area contributed by atoms with Crippen LogP contribution in [0.3, 0.4) is 0 Å². The van der Waals surface area contributed by atoms with Gasteiger partial charge in [0.15, 0.2) is 4.87 Å². The van der Waals surface area contributed by atoms with Crippen molar-refractivity contribution >= 4 is 29.4 Å². The molecule has 1 heterocycles. The lowest BCUT2D eigenvalue weighted by Crippen LogP contribution is -2.57. The second-order valence-corrected chi connectivity index (χ2v) is 14.1. The Labute approximate surface area is 218 Å². The monoisotopic (exact) mass is 504 g/mol. The van der Waals surface area contributed by atoms with Crippen molar-refractivity contribution in [1.29, 1.82) is 0 Å². The van der Waals surface area contributed by atoms with Crippen molar-refractivity contribution in [1.82, 2.24) is 5.32 Å². The van der Waals surface area contributed by atoms with Gasteiger partial charge in [0, 0.05) is 10.3 Å². The van der Waals surface area contributed by atoms with E-state index in [1.807, 2.05) is 80.3 Å². The summed E-state index contributed by atoms with van der Waals surface area (Å²) < 4.78 is 5.74. The summed E-state index contributed by atoms with van der Waals surface area (Å²) >= 11 is 1.73. The molecule has 4 aliphatic carbocycles. The molecule has 4 saturated carbocycles. The second kappa shape index (κ2) is 8.54. The van der Waals surface area contributed by atoms with Crippen LogP contribution in [0.1, 0.15) is 70.4 Å². The molecule has 2 aromatic carbocycles. The highest BCUT2D eigenvalue weighted by atomic mass is 32.2. The number of rotatable bonds is 5. The standard InChI is InChI=1S/C30H36N2O3S/c1-28(2,3)35-27(34)31-30(36-29-16-21-13-22(17-29)15-23(14-21)18-29)24-11-7-8-12-25(24)32(26(30)33)19-20-9-5-4-6-10-20/h4-12,21-23H,13-19H2,1-3H3,(H,31,34)/t21?,22?,23?,29?,30-/m0/s1. The van der Waals surface area contributed by atoms with Gasteiger partial charge < -0.3 is 9.64 Å². The lowest BCUT2D eigenvalue weighted by atomic mass is 9.56. The van der Waals surface area contributed by atoms with Crippen LogP contribution in [0, 0.1) is 17.8 Å². The molecular formula is C30H36N2O3S. The smallest absolute Gasteiger partial charge is 0.409 e. The van der Waals surface area contributed by atoms with Crippen LogP contribution in [0.25, 0.3) is 0 Å². The highest BCUT2D eigenvalue weighted by Gasteiger charge is 2.60. The minimum absolute atomic E-state index is 0.00922. The van der Waals surface area contributed by atoms with Gasteiger partial charge in [0.25, 0.3) is 5.91 Å². The first-order chi connectivity index (χ1) is 17.1. The van der Waals surface area contributed by atoms with Crippen LogP contribution in [0.4, 0.5) is 10.5 Å². The van der Waals surface area contributed by atoms with Gasteiger partial charge in [-0.25, -0.2) is 4.79 Å². The molecule has 0 aromatic heterocycles. The van der Waals surface area contributed by atoms with E-state index in [0.29, 0.717) is 6.54 Å². The van der Waals surface area contributed by atoms with Crippen molar-refractivity contribution in [3.8, 4) is 0 Å². The normalized spacial score (nSPS) is 32.5. The van der Waals surface area contributed by atoms with E-state index >= 15 is 0 Å². The number of ether oxygens (including phenoxy) is 1. The molecule has 190 valence electrons. The molecule has 0 radical (unpaired) electrons. The van der Waals surface area contributed by atoms with Crippen LogP contribution in [-0.2, 0) is 20.9 Å². The van der Waals surface area contributed by atoms with Crippen LogP contribution < -0.4 is 10.2 Å². The summed E-state index contributed by atoms with van der Waals surface area (Å²) in [6.07, 6.45) is 6.86. The third-order valence-electron chi connectivity index (χ3n) is 8.33. The van der Waals surface area contributed by atoms with Crippen molar-refractivity contribution in [3.63, 3.8) is 0 Å². The molecule has 5 nitrogen and oxygen atoms in total. The van der Waals surface area contributed by atoms with E-state index in [9.17, 15) is 9.59 Å². The van der Waals surface area contributed by atoms with Crippen LogP contribution in [0.5, 0.6) is 0 Å². The Morgan fingerprint density at radius 3 is 2.17 bits per heavy atom. The van der Waals surface area contributed by atoms with E-state index in [-0.39, 0.29) is 10.7 Å². The first-order valence-electron chi connectivity index (χ1n) is 13.3. The van der Waals surface area contributed by atoms with Crippen LogP contribution >= 0.6 is 11.8 Å². The summed E-state index contributed by atoms with van der Waals surface area (Å²) in [5.41, 5.74) is 2.16. The van der Waals surface area contributed by atoms with E-state index in [4.69, 9.17) is 4.74 Å². The zero-order chi connectivity index (χ0) is 25.1. The molecule has 4 bridgehead atoms. The molecule has 2 amide bonds. The lowest BCUT2D eigenvalue weighted by Gasteiger charge is -2.58. The largest absolute Gasteiger partial charge is 0.444 e. The van der Waals surface area contributed by atoms with Gasteiger partial charge in [0.2, 0.25) is 0 Å². The number of nitrogens with zero attached hydrogens (tertiary/aromatic N) is 1. The van der Waals surface area contributed by atoms with Gasteiger partial charge in [-0.05, 0) is 88.7 Å². The molecular weight excluding hydrogens is 468 g/mol. The van der Waals surface area contributed by atoms with E-state index < -0.39 is 16.6 Å². The maximum absolute atomic E-state index is 14.5. The number of anilines is 1. The van der Waals surface area contributed by atoms with Crippen molar-refractivity contribution in [3.05, 3.63) is 65.7 Å². The number of benzene rings is 2. The second-order valence-electron chi connectivity index (χ2n) is 12.4. The Hall–Kier alpha value is -2.47. The van der Waals surface area contributed by atoms with E-state index in [2.05, 4.69) is 5.32 Å². The molecule has 1 aliphatic heterocycles. The maximum atomic E-state index is 14.5. The number of nitrogens with one attached hydrogen (secondary N) is 1. The van der Waals surface area contributed by atoms with E-state index in [0.717, 1.165) is 53.8 Å². The zero-order valence-corrected chi connectivity index (χ0v) is 22.3. The van der Waals surface area contributed by atoms with Crippen LogP contribution in [0.15, 0.2) is 54.6 Å². The highest BCUT2D eigenvalue weighted by molar-refractivity contribution is 8.02. The highest BCUT2D eigenvalue weighted by Crippen LogP contribution is 2.65. The van der Waals surface area contributed by atoms with Gasteiger partial charge in [0.1, 0.15) is 5.60 Å². The molecule has 5 aliphatic rings. The van der Waals surface area contributed by atoms with Gasteiger partial charge in [0.05, 0.1) is 12.2 Å². The first kappa shape index (κ1) is 23.9. The van der Waals surface area contributed by atoms with E-state index in [1.54, 1.807) is 11.8 Å². The Kier molecular flexibility index (Phi) is 5.67. The lowest BCUT2D eigenvalue weighted by molar-refractivity contribution is -0.121. The van der Waals surface area contributed by atoms with Crippen LogP contribution in [0.2, 0.25) is 0 Å². The third kappa shape index (κ3) is 4.21. The number of carbonyl (C=O) groups is 2. The predicted molar refractivity (Wildman–Crippen MR) is 144 cm³/mol. The number of carbonyl (C=O) groups excluding carboxylic acids is 2. The molecule has 2 aromatic rings. The molecule has 1 N–H and O–H groups in total. The number of para-hydroxylation sites is 1. The fraction of sp³-hybridized carbons (Fsp3) is 0.533. The Bertz CT molecular complexity index is 1140. The summed E-state index contributed by atoms with van der Waals surface area (Å²) in [5.74, 6) is 2.16. The minimum Gasteiger partial charge on any atom is -0.444 e. The number of hydrogen-bond acceptors (Lipinski definition) is 4. The topological polar surface area (TPSA) is 58.6 Å². The maximum Gasteiger partial charge on any atom is 0.409 e. The molecule has 0 spiro atoms. The Balaban J connectivity index is 1.42. The van der Waals surface area contributed by atoms with E-state index in [1.165, 1.54) is 19.3 Å². The van der Waals surface area contributed by atoms with Gasteiger partial charge in [-0.2, -0.15) is 0 Å². The van der Waals surface area contributed by atoms with Gasteiger partial charge >= 0.3 is 6.09 Å². The summed E-state index contributed by atoms with van der Waals surface area (Å²) in [6.45, 7) is 6.04. The number of thioether (sulfide) groups is 1. The average molecular weight is 505 g/mol. The Morgan fingerprint density at radius 2 is 1.56 bits per heavy atom. The zero-order valence-electron chi connectivity index (χ0n) is 21.5. The summed E-state index contributed by atoms with van der Waals surface area (Å²) in [6, 6.07) is 18.1. The molecule has 36 heavy (non-hydrogen) atoms. The molecule has 7 rings (SSSR count). The summed E-state index contributed by atoms with van der Waals surface area (Å²) in [7, 11) is 0. The third-order valence-corrected chi connectivity index (χ3v) is 10.1. The van der Waals surface area contributed by atoms with Gasteiger partial charge in [-0.1, -0.05) is 48.5 Å². The van der Waals surface area contributed by atoms with Crippen molar-refractivity contribution in [2.45, 2.75) is 81.1 Å². The summed E-state index contributed by atoms with van der Waals surface area (Å²) in [4.78, 5) is 28.5. The molecule has 6 heteroatoms. The molecule has 0 unspecified atom stereocenters. The van der Waals surface area contributed by atoms with Crippen molar-refractivity contribution < 1.29 is 14.3 Å². The molecule has 4 fully saturated rings. The number of hydrogen-bond donors (Lipinski definition) is 1. The fourth-order valence-electron chi connectivity index (χ4n) is 7.52. The number of fused-ring (bicyclic) bond motifs is 1. The quantitative estimate of drug-likeness (QED) is 0.465. The fourth-order valence-corrected chi connectivity index (χ4v) is 9.74. The molecule has 0 saturated heterocycles. The predicted octanol–water partition coefficient (Wildman–Crippen LogP) is 6.61. The first-order valence-corrected chi connectivity index (χ1v) is 14.1. The minimum atomic E-state index is -1.20. The van der Waals surface area contributed by atoms with Gasteiger partial charge in [-0.15, -0.1) is 11.8 Å². The number of amides is 2. The number of alkyl carbamates (subject to hydrolysis) is 1. The molecule has 1 atom stereocenters. The van der Waals surface area contributed by atoms with Crippen LogP contribution in [-0.4, -0.2) is 22.3 Å². The van der Waals surface area contributed by atoms with Gasteiger partial charge in [-0.3, -0.25) is 10.1 Å². The van der Waals surface area contributed by atoms with Crippen molar-refractivity contribution in [2.75, 3.05) is 4.90 Å². The van der Waals surface area contributed by atoms with Crippen molar-refractivity contribution in [2.24, 2.45) is 17.8 Å². The average Bonchev–Trinajstić information content (AvgIpc) is 3.00. The Morgan fingerprint density at radius 1 is 0.972 bits per heavy atom. The summed E-state index contributed by atoms with van der Waals surface area (Å²) in [5, 5.41) is 3.16.